The largest absolute Gasteiger partial charge is 0.459 e. The Bertz CT molecular complexity index is 208. The molecule has 0 spiro atoms. The molecule has 0 aromatic carbocycles. The van der Waals surface area contributed by atoms with Crippen LogP contribution in [0.3, 0.4) is 0 Å². The normalized spacial score (nSPS) is 16.3. The summed E-state index contributed by atoms with van der Waals surface area (Å²) in [4.78, 5) is 11.5. The molecule has 4 nitrogen and oxygen atoms in total. The molecule has 4 heteroatoms. The number of hydrogen-bond donors (Lipinski definition) is 2. The highest BCUT2D eigenvalue weighted by molar-refractivity contribution is 5.76. The lowest BCUT2D eigenvalue weighted by atomic mass is 10.0. The van der Waals surface area contributed by atoms with E-state index in [0.29, 0.717) is 12.3 Å². The molecule has 0 rings (SSSR count). The first kappa shape index (κ1) is 14.4. The molecule has 0 aliphatic rings. The van der Waals surface area contributed by atoms with Gasteiger partial charge in [-0.05, 0) is 33.1 Å². The Morgan fingerprint density at radius 3 is 2.20 bits per heavy atom. The van der Waals surface area contributed by atoms with Gasteiger partial charge in [0.15, 0.2) is 0 Å². The molecular formula is C11H23NO3. The van der Waals surface area contributed by atoms with Crippen LogP contribution in [0.4, 0.5) is 0 Å². The van der Waals surface area contributed by atoms with Crippen LogP contribution in [0.1, 0.15) is 41.0 Å². The maximum absolute atomic E-state index is 11.5. The van der Waals surface area contributed by atoms with Crippen molar-refractivity contribution in [1.82, 2.24) is 0 Å². The summed E-state index contributed by atoms with van der Waals surface area (Å²) >= 11 is 0. The number of aliphatic hydroxyl groups excluding tert-OH is 1. The van der Waals surface area contributed by atoms with Crippen molar-refractivity contribution < 1.29 is 14.6 Å². The van der Waals surface area contributed by atoms with Crippen molar-refractivity contribution in [2.45, 2.75) is 58.8 Å². The summed E-state index contributed by atoms with van der Waals surface area (Å²) in [5, 5.41) is 9.63. The maximum Gasteiger partial charge on any atom is 0.326 e. The van der Waals surface area contributed by atoms with Crippen LogP contribution in [-0.2, 0) is 9.53 Å². The molecule has 3 N–H and O–H groups in total. The summed E-state index contributed by atoms with van der Waals surface area (Å²) in [6.07, 6.45) is -0.333. The van der Waals surface area contributed by atoms with Gasteiger partial charge in [0.1, 0.15) is 11.6 Å². The van der Waals surface area contributed by atoms with Crippen LogP contribution < -0.4 is 5.73 Å². The van der Waals surface area contributed by atoms with Gasteiger partial charge in [0.2, 0.25) is 0 Å². The predicted octanol–water partition coefficient (Wildman–Crippen LogP) is 1.06. The second kappa shape index (κ2) is 5.47. The number of nitrogens with two attached hydrogens (primary N) is 1. The molecule has 0 aromatic rings. The highest BCUT2D eigenvalue weighted by Gasteiger charge is 2.28. The molecule has 15 heavy (non-hydrogen) atoms. The molecule has 0 amide bonds. The molecule has 2 atom stereocenters. The van der Waals surface area contributed by atoms with Gasteiger partial charge in [-0.1, -0.05) is 13.8 Å². The summed E-state index contributed by atoms with van der Waals surface area (Å²) in [5.74, 6) is -0.246. The fourth-order valence-electron chi connectivity index (χ4n) is 1.16. The molecule has 0 saturated heterocycles. The van der Waals surface area contributed by atoms with E-state index < -0.39 is 23.7 Å². The summed E-state index contributed by atoms with van der Waals surface area (Å²) in [7, 11) is 0. The van der Waals surface area contributed by atoms with Crippen molar-refractivity contribution in [2.75, 3.05) is 0 Å². The fraction of sp³-hybridized carbons (Fsp3) is 0.909. The van der Waals surface area contributed by atoms with Gasteiger partial charge in [-0.25, -0.2) is 0 Å². The molecule has 0 aliphatic carbocycles. The molecule has 0 aromatic heterocycles. The summed E-state index contributed by atoms with van der Waals surface area (Å²) in [5.41, 5.74) is 5.03. The highest BCUT2D eigenvalue weighted by atomic mass is 16.6. The van der Waals surface area contributed by atoms with Crippen molar-refractivity contribution in [3.8, 4) is 0 Å². The van der Waals surface area contributed by atoms with Gasteiger partial charge < -0.3 is 15.6 Å². The fourth-order valence-corrected chi connectivity index (χ4v) is 1.16. The van der Waals surface area contributed by atoms with E-state index >= 15 is 0 Å². The van der Waals surface area contributed by atoms with Gasteiger partial charge in [-0.2, -0.15) is 0 Å². The lowest BCUT2D eigenvalue weighted by Gasteiger charge is -2.25. The Labute approximate surface area is 91.8 Å². The first-order chi connectivity index (χ1) is 6.63. The average Bonchev–Trinajstić information content (AvgIpc) is 1.98. The second-order valence-corrected chi connectivity index (χ2v) is 5.26. The van der Waals surface area contributed by atoms with Gasteiger partial charge in [-0.15, -0.1) is 0 Å². The van der Waals surface area contributed by atoms with E-state index in [4.69, 9.17) is 10.5 Å². The molecular weight excluding hydrogens is 194 g/mol. The summed E-state index contributed by atoms with van der Waals surface area (Å²) in [6.45, 7) is 9.24. The molecule has 0 heterocycles. The van der Waals surface area contributed by atoms with E-state index in [9.17, 15) is 9.90 Å². The molecule has 0 bridgehead atoms. The number of ether oxygens (including phenoxy) is 1. The summed E-state index contributed by atoms with van der Waals surface area (Å²) < 4.78 is 5.08. The standard InChI is InChI=1S/C11H23NO3/c1-7(2)6-8(13)9(12)10(14)15-11(3,4)5/h7-9,13H,6,12H2,1-5H3. The molecule has 0 saturated carbocycles. The molecule has 0 aliphatic heterocycles. The highest BCUT2D eigenvalue weighted by Crippen LogP contribution is 2.12. The van der Waals surface area contributed by atoms with Gasteiger partial charge in [0.25, 0.3) is 0 Å². The second-order valence-electron chi connectivity index (χ2n) is 5.26. The van der Waals surface area contributed by atoms with Crippen molar-refractivity contribution in [3.05, 3.63) is 0 Å². The van der Waals surface area contributed by atoms with E-state index in [1.165, 1.54) is 0 Å². The van der Waals surface area contributed by atoms with E-state index in [1.54, 1.807) is 20.8 Å². The SMILES string of the molecule is CC(C)CC(O)C(N)C(=O)OC(C)(C)C. The third-order valence-corrected chi connectivity index (χ3v) is 1.81. The lowest BCUT2D eigenvalue weighted by Crippen LogP contribution is -2.45. The Morgan fingerprint density at radius 1 is 1.40 bits per heavy atom. The zero-order chi connectivity index (χ0) is 12.2. The molecule has 2 unspecified atom stereocenters. The van der Waals surface area contributed by atoms with Crippen molar-refractivity contribution in [3.63, 3.8) is 0 Å². The topological polar surface area (TPSA) is 72.5 Å². The first-order valence-electron chi connectivity index (χ1n) is 5.30. The van der Waals surface area contributed by atoms with Crippen molar-refractivity contribution in [1.29, 1.82) is 0 Å². The zero-order valence-corrected chi connectivity index (χ0v) is 10.3. The average molecular weight is 217 g/mol. The van der Waals surface area contributed by atoms with Crippen LogP contribution in [0.2, 0.25) is 0 Å². The minimum absolute atomic E-state index is 0.300. The number of esters is 1. The number of rotatable bonds is 4. The smallest absolute Gasteiger partial charge is 0.326 e. The van der Waals surface area contributed by atoms with Crippen LogP contribution in [0.5, 0.6) is 0 Å². The van der Waals surface area contributed by atoms with E-state index in [-0.39, 0.29) is 0 Å². The first-order valence-corrected chi connectivity index (χ1v) is 5.30. The predicted molar refractivity (Wildman–Crippen MR) is 59.3 cm³/mol. The van der Waals surface area contributed by atoms with Crippen LogP contribution in [0.25, 0.3) is 0 Å². The maximum atomic E-state index is 11.5. The number of aliphatic hydroxyl groups is 1. The number of carbonyl (C=O) groups is 1. The molecule has 0 radical (unpaired) electrons. The minimum atomic E-state index is -0.952. The number of hydrogen-bond acceptors (Lipinski definition) is 4. The van der Waals surface area contributed by atoms with Crippen molar-refractivity contribution >= 4 is 5.97 Å². The van der Waals surface area contributed by atoms with Gasteiger partial charge in [0.05, 0.1) is 6.10 Å². The molecule has 90 valence electrons. The van der Waals surface area contributed by atoms with Crippen LogP contribution in [-0.4, -0.2) is 28.8 Å². The van der Waals surface area contributed by atoms with E-state index in [1.807, 2.05) is 13.8 Å². The van der Waals surface area contributed by atoms with Gasteiger partial charge >= 0.3 is 5.97 Å². The lowest BCUT2D eigenvalue weighted by molar-refractivity contribution is -0.159. The Hall–Kier alpha value is -0.610. The van der Waals surface area contributed by atoms with Crippen LogP contribution in [0, 0.1) is 5.92 Å². The minimum Gasteiger partial charge on any atom is -0.459 e. The van der Waals surface area contributed by atoms with Crippen molar-refractivity contribution in [2.24, 2.45) is 11.7 Å². The van der Waals surface area contributed by atoms with E-state index in [0.717, 1.165) is 0 Å². The third-order valence-electron chi connectivity index (χ3n) is 1.81. The van der Waals surface area contributed by atoms with Crippen LogP contribution >= 0.6 is 0 Å². The van der Waals surface area contributed by atoms with E-state index in [2.05, 4.69) is 0 Å². The van der Waals surface area contributed by atoms with Gasteiger partial charge in [-0.3, -0.25) is 4.79 Å². The summed E-state index contributed by atoms with van der Waals surface area (Å²) in [6, 6.07) is -0.952. The number of carbonyl (C=O) groups excluding carboxylic acids is 1. The Kier molecular flexibility index (Phi) is 5.24. The molecule has 0 fully saturated rings. The zero-order valence-electron chi connectivity index (χ0n) is 10.3. The Morgan fingerprint density at radius 2 is 1.87 bits per heavy atom. The quantitative estimate of drug-likeness (QED) is 0.691. The Balaban J connectivity index is 4.20. The monoisotopic (exact) mass is 217 g/mol. The van der Waals surface area contributed by atoms with Gasteiger partial charge in [0, 0.05) is 0 Å². The third kappa shape index (κ3) is 6.47. The van der Waals surface area contributed by atoms with Crippen LogP contribution in [0.15, 0.2) is 0 Å².